The van der Waals surface area contributed by atoms with E-state index in [1.807, 2.05) is 6.07 Å². The van der Waals surface area contributed by atoms with Crippen LogP contribution in [0.3, 0.4) is 0 Å². The fourth-order valence-electron chi connectivity index (χ4n) is 4.02. The predicted molar refractivity (Wildman–Crippen MR) is 119 cm³/mol. The molecule has 6 nitrogen and oxygen atoms in total. The number of anilines is 1. The number of carbonyl (C=O) groups is 1. The lowest BCUT2D eigenvalue weighted by atomic mass is 9.90. The molecule has 0 fully saturated rings. The number of rotatable bonds is 5. The summed E-state index contributed by atoms with van der Waals surface area (Å²) in [7, 11) is 0. The molecular formula is C25H24N4O2. The normalized spacial score (nSPS) is 13.1. The number of fused-ring (bicyclic) bond motifs is 1. The van der Waals surface area contributed by atoms with Crippen LogP contribution in [0.5, 0.6) is 0 Å². The predicted octanol–water partition coefficient (Wildman–Crippen LogP) is 5.03. The number of aryl methyl sites for hydroxylation is 3. The van der Waals surface area contributed by atoms with Crippen LogP contribution in [0.4, 0.5) is 5.82 Å². The maximum absolute atomic E-state index is 12.8. The Bertz CT molecular complexity index is 1220. The van der Waals surface area contributed by atoms with E-state index in [0.29, 0.717) is 18.1 Å². The summed E-state index contributed by atoms with van der Waals surface area (Å²) in [5.74, 6) is 0.897. The molecule has 6 heteroatoms. The number of amides is 1. The molecule has 0 atom stereocenters. The van der Waals surface area contributed by atoms with Gasteiger partial charge in [-0.3, -0.25) is 4.79 Å². The smallest absolute Gasteiger partial charge is 0.279 e. The monoisotopic (exact) mass is 412 g/mol. The molecule has 0 aliphatic heterocycles. The van der Waals surface area contributed by atoms with Gasteiger partial charge in [0.1, 0.15) is 5.82 Å². The fourth-order valence-corrected chi connectivity index (χ4v) is 4.02. The molecule has 1 aliphatic carbocycles. The molecule has 4 aromatic rings. The standard InChI is InChI=1S/C25H24N4O2/c1-17-6-8-18(9-7-17)16-29-24(12-13-26-29)27-25(30)22-15-23(31-28-22)21-11-10-19-4-2-3-5-20(19)14-21/h6-15H,2-5,16H2,1H3,(H,27,30). The third kappa shape index (κ3) is 4.14. The van der Waals surface area contributed by atoms with Gasteiger partial charge in [0.15, 0.2) is 11.5 Å². The minimum Gasteiger partial charge on any atom is -0.355 e. The molecule has 0 bridgehead atoms. The minimum absolute atomic E-state index is 0.246. The van der Waals surface area contributed by atoms with E-state index in [1.54, 1.807) is 23.0 Å². The highest BCUT2D eigenvalue weighted by Gasteiger charge is 2.17. The first-order chi connectivity index (χ1) is 15.2. The van der Waals surface area contributed by atoms with Crippen LogP contribution in [0.2, 0.25) is 0 Å². The highest BCUT2D eigenvalue weighted by atomic mass is 16.5. The zero-order valence-electron chi connectivity index (χ0n) is 17.5. The molecule has 156 valence electrons. The Labute approximate surface area is 180 Å². The van der Waals surface area contributed by atoms with Crippen LogP contribution in [-0.4, -0.2) is 20.8 Å². The van der Waals surface area contributed by atoms with E-state index >= 15 is 0 Å². The van der Waals surface area contributed by atoms with Crippen molar-refractivity contribution in [3.8, 4) is 11.3 Å². The zero-order valence-corrected chi connectivity index (χ0v) is 17.5. The molecule has 31 heavy (non-hydrogen) atoms. The lowest BCUT2D eigenvalue weighted by molar-refractivity contribution is 0.101. The summed E-state index contributed by atoms with van der Waals surface area (Å²) in [6, 6.07) is 18.1. The van der Waals surface area contributed by atoms with Crippen molar-refractivity contribution in [3.63, 3.8) is 0 Å². The van der Waals surface area contributed by atoms with Gasteiger partial charge in [-0.2, -0.15) is 5.10 Å². The minimum atomic E-state index is -0.321. The van der Waals surface area contributed by atoms with Crippen LogP contribution < -0.4 is 5.32 Å². The maximum Gasteiger partial charge on any atom is 0.279 e. The number of nitrogens with zero attached hydrogens (tertiary/aromatic N) is 3. The van der Waals surface area contributed by atoms with Crippen molar-refractivity contribution in [2.24, 2.45) is 0 Å². The average Bonchev–Trinajstić information content (AvgIpc) is 3.45. The lowest BCUT2D eigenvalue weighted by Gasteiger charge is -2.15. The molecule has 2 aromatic carbocycles. The summed E-state index contributed by atoms with van der Waals surface area (Å²) < 4.78 is 7.24. The van der Waals surface area contributed by atoms with Crippen molar-refractivity contribution in [3.05, 3.63) is 88.7 Å². The SMILES string of the molecule is Cc1ccc(Cn2nccc2NC(=O)c2cc(-c3ccc4c(c3)CCCC4)on2)cc1. The van der Waals surface area contributed by atoms with Crippen molar-refractivity contribution in [2.45, 2.75) is 39.2 Å². The number of nitrogens with one attached hydrogen (secondary N) is 1. The van der Waals surface area contributed by atoms with Crippen LogP contribution in [0.1, 0.15) is 45.6 Å². The Hall–Kier alpha value is -3.67. The van der Waals surface area contributed by atoms with Crippen LogP contribution in [0, 0.1) is 6.92 Å². The first kappa shape index (κ1) is 19.3. The van der Waals surface area contributed by atoms with E-state index in [-0.39, 0.29) is 11.6 Å². The van der Waals surface area contributed by atoms with E-state index in [2.05, 4.69) is 58.9 Å². The Morgan fingerprint density at radius 3 is 2.68 bits per heavy atom. The van der Waals surface area contributed by atoms with Crippen LogP contribution in [0.25, 0.3) is 11.3 Å². The first-order valence-electron chi connectivity index (χ1n) is 10.6. The molecule has 1 aliphatic rings. The van der Waals surface area contributed by atoms with E-state index in [9.17, 15) is 4.79 Å². The van der Waals surface area contributed by atoms with Crippen molar-refractivity contribution in [1.82, 2.24) is 14.9 Å². The molecule has 0 saturated carbocycles. The topological polar surface area (TPSA) is 73.0 Å². The average molecular weight is 412 g/mol. The van der Waals surface area contributed by atoms with Gasteiger partial charge < -0.3 is 9.84 Å². The summed E-state index contributed by atoms with van der Waals surface area (Å²) >= 11 is 0. The number of aromatic nitrogens is 3. The summed E-state index contributed by atoms with van der Waals surface area (Å²) in [6.07, 6.45) is 6.37. The van der Waals surface area contributed by atoms with Crippen molar-refractivity contribution in [2.75, 3.05) is 5.32 Å². The number of benzene rings is 2. The summed E-state index contributed by atoms with van der Waals surface area (Å²) in [5, 5.41) is 11.2. The second-order valence-corrected chi connectivity index (χ2v) is 8.08. The van der Waals surface area contributed by atoms with Crippen LogP contribution in [0.15, 0.2) is 65.3 Å². The van der Waals surface area contributed by atoms with E-state index in [4.69, 9.17) is 4.52 Å². The van der Waals surface area contributed by atoms with Gasteiger partial charge in [-0.05, 0) is 55.4 Å². The maximum atomic E-state index is 12.8. The fraction of sp³-hybridized carbons (Fsp3) is 0.240. The summed E-state index contributed by atoms with van der Waals surface area (Å²) in [5.41, 5.74) is 6.30. The first-order valence-corrected chi connectivity index (χ1v) is 10.6. The molecule has 0 radical (unpaired) electrons. The van der Waals surface area contributed by atoms with Gasteiger partial charge in [0.05, 0.1) is 12.7 Å². The van der Waals surface area contributed by atoms with Gasteiger partial charge in [-0.25, -0.2) is 4.68 Å². The second-order valence-electron chi connectivity index (χ2n) is 8.08. The number of carbonyl (C=O) groups excluding carboxylic acids is 1. The van der Waals surface area contributed by atoms with Crippen LogP contribution in [-0.2, 0) is 19.4 Å². The van der Waals surface area contributed by atoms with Crippen molar-refractivity contribution in [1.29, 1.82) is 0 Å². The molecule has 0 saturated heterocycles. The van der Waals surface area contributed by atoms with E-state index < -0.39 is 0 Å². The van der Waals surface area contributed by atoms with Gasteiger partial charge in [0.25, 0.3) is 5.91 Å². The van der Waals surface area contributed by atoms with Gasteiger partial charge >= 0.3 is 0 Å². The van der Waals surface area contributed by atoms with Gasteiger partial charge in [0.2, 0.25) is 0 Å². The zero-order chi connectivity index (χ0) is 21.2. The third-order valence-electron chi connectivity index (χ3n) is 5.79. The summed E-state index contributed by atoms with van der Waals surface area (Å²) in [4.78, 5) is 12.8. The second kappa shape index (κ2) is 8.22. The number of hydrogen-bond acceptors (Lipinski definition) is 4. The number of hydrogen-bond donors (Lipinski definition) is 1. The highest BCUT2D eigenvalue weighted by molar-refractivity contribution is 6.02. The molecule has 0 spiro atoms. The molecular weight excluding hydrogens is 388 g/mol. The molecule has 2 aromatic heterocycles. The molecule has 1 N–H and O–H groups in total. The lowest BCUT2D eigenvalue weighted by Crippen LogP contribution is -2.16. The third-order valence-corrected chi connectivity index (χ3v) is 5.79. The quantitative estimate of drug-likeness (QED) is 0.499. The highest BCUT2D eigenvalue weighted by Crippen LogP contribution is 2.28. The molecule has 1 amide bonds. The van der Waals surface area contributed by atoms with Gasteiger partial charge in [-0.1, -0.05) is 47.1 Å². The molecule has 2 heterocycles. The van der Waals surface area contributed by atoms with Gasteiger partial charge in [0, 0.05) is 17.7 Å². The molecule has 5 rings (SSSR count). The van der Waals surface area contributed by atoms with E-state index in [1.165, 1.54) is 29.5 Å². The molecule has 0 unspecified atom stereocenters. The Kier molecular flexibility index (Phi) is 5.12. The van der Waals surface area contributed by atoms with Crippen molar-refractivity contribution < 1.29 is 9.32 Å². The van der Waals surface area contributed by atoms with Crippen molar-refractivity contribution >= 4 is 11.7 Å². The Morgan fingerprint density at radius 2 is 1.84 bits per heavy atom. The summed E-state index contributed by atoms with van der Waals surface area (Å²) in [6.45, 7) is 2.63. The largest absolute Gasteiger partial charge is 0.355 e. The van der Waals surface area contributed by atoms with E-state index in [0.717, 1.165) is 24.0 Å². The van der Waals surface area contributed by atoms with Gasteiger partial charge in [-0.15, -0.1) is 0 Å². The Morgan fingerprint density at radius 1 is 1.03 bits per heavy atom. The Balaban J connectivity index is 1.31. The van der Waals surface area contributed by atoms with Crippen LogP contribution >= 0.6 is 0 Å².